The molecule has 1 saturated heterocycles. The van der Waals surface area contributed by atoms with Crippen LogP contribution in [0.5, 0.6) is 0 Å². The Labute approximate surface area is 172 Å². The number of nitrogens with zero attached hydrogens (tertiary/aromatic N) is 4. The first-order chi connectivity index (χ1) is 13.5. The molecule has 0 spiro atoms. The molecule has 2 heterocycles. The highest BCUT2D eigenvalue weighted by molar-refractivity contribution is 6.42. The van der Waals surface area contributed by atoms with Crippen molar-refractivity contribution in [2.24, 2.45) is 0 Å². The van der Waals surface area contributed by atoms with E-state index in [-0.39, 0.29) is 17.3 Å². The first kappa shape index (κ1) is 20.5. The van der Waals surface area contributed by atoms with E-state index >= 15 is 0 Å². The number of halogens is 2. The van der Waals surface area contributed by atoms with Gasteiger partial charge in [0.1, 0.15) is 6.33 Å². The Kier molecular flexibility index (Phi) is 7.21. The van der Waals surface area contributed by atoms with E-state index < -0.39 is 4.92 Å². The summed E-state index contributed by atoms with van der Waals surface area (Å²) >= 11 is 11.9. The van der Waals surface area contributed by atoms with E-state index in [4.69, 9.17) is 27.9 Å². The molecule has 150 valence electrons. The minimum atomic E-state index is -0.510. The maximum absolute atomic E-state index is 11.6. The maximum Gasteiger partial charge on any atom is 0.353 e. The number of nitrogens with one attached hydrogen (secondary N) is 2. The number of ether oxygens (including phenoxy) is 1. The first-order valence-corrected chi connectivity index (χ1v) is 9.55. The van der Waals surface area contributed by atoms with Gasteiger partial charge in [0.25, 0.3) is 0 Å². The molecule has 0 atom stereocenters. The van der Waals surface area contributed by atoms with Crippen molar-refractivity contribution in [1.29, 1.82) is 0 Å². The summed E-state index contributed by atoms with van der Waals surface area (Å²) in [6, 6.07) is 4.84. The smallest absolute Gasteiger partial charge is 0.353 e. The number of rotatable bonds is 8. The highest BCUT2D eigenvalue weighted by Crippen LogP contribution is 2.33. The van der Waals surface area contributed by atoms with Crippen LogP contribution in [-0.2, 0) is 4.74 Å². The van der Waals surface area contributed by atoms with Crippen molar-refractivity contribution >= 4 is 46.2 Å². The van der Waals surface area contributed by atoms with Crippen LogP contribution in [-0.4, -0.2) is 59.2 Å². The standard InChI is InChI=1S/C17H20Cl2N6O3/c18-13-3-2-12(10-14(13)19)23-17-15(25(26)27)16(21-11-22-17)20-4-1-5-24-6-8-28-9-7-24/h2-3,10-11H,1,4-9H2,(H2,20,21,22,23). The van der Waals surface area contributed by atoms with Crippen LogP contribution in [0.25, 0.3) is 0 Å². The van der Waals surface area contributed by atoms with Crippen LogP contribution in [0.2, 0.25) is 10.0 Å². The minimum Gasteiger partial charge on any atom is -0.379 e. The Hall–Kier alpha value is -2.20. The van der Waals surface area contributed by atoms with E-state index in [1.807, 2.05) is 0 Å². The summed E-state index contributed by atoms with van der Waals surface area (Å²) < 4.78 is 5.32. The van der Waals surface area contributed by atoms with E-state index in [2.05, 4.69) is 25.5 Å². The van der Waals surface area contributed by atoms with Crippen LogP contribution in [0.3, 0.4) is 0 Å². The van der Waals surface area contributed by atoms with Gasteiger partial charge in [-0.25, -0.2) is 9.97 Å². The Bertz CT molecular complexity index is 833. The van der Waals surface area contributed by atoms with Gasteiger partial charge in [-0.2, -0.15) is 0 Å². The third-order valence-electron chi connectivity index (χ3n) is 4.23. The number of aromatic nitrogens is 2. The summed E-state index contributed by atoms with van der Waals surface area (Å²) in [5.41, 5.74) is 0.314. The molecule has 11 heteroatoms. The zero-order valence-corrected chi connectivity index (χ0v) is 16.5. The van der Waals surface area contributed by atoms with Crippen LogP contribution in [0, 0.1) is 10.1 Å². The molecule has 1 aliphatic rings. The SMILES string of the molecule is O=[N+]([O-])c1c(NCCCN2CCOCC2)ncnc1Nc1ccc(Cl)c(Cl)c1. The topological polar surface area (TPSA) is 105 Å². The van der Waals surface area contributed by atoms with Crippen molar-refractivity contribution in [3.63, 3.8) is 0 Å². The predicted octanol–water partition coefficient (Wildman–Crippen LogP) is 3.57. The fourth-order valence-corrected chi connectivity index (χ4v) is 3.12. The van der Waals surface area contributed by atoms with Crippen molar-refractivity contribution in [3.8, 4) is 0 Å². The second-order valence-corrected chi connectivity index (χ2v) is 6.98. The third kappa shape index (κ3) is 5.41. The third-order valence-corrected chi connectivity index (χ3v) is 4.97. The number of anilines is 3. The van der Waals surface area contributed by atoms with Gasteiger partial charge in [-0.05, 0) is 31.2 Å². The number of morpholine rings is 1. The zero-order valence-electron chi connectivity index (χ0n) is 15.0. The molecular formula is C17H20Cl2N6O3. The Morgan fingerprint density at radius 1 is 1.18 bits per heavy atom. The summed E-state index contributed by atoms with van der Waals surface area (Å²) in [4.78, 5) is 21.4. The van der Waals surface area contributed by atoms with Crippen LogP contribution in [0.1, 0.15) is 6.42 Å². The highest BCUT2D eigenvalue weighted by Gasteiger charge is 2.23. The quantitative estimate of drug-likeness (QED) is 0.374. The average molecular weight is 427 g/mol. The van der Waals surface area contributed by atoms with E-state index in [0.717, 1.165) is 39.3 Å². The minimum absolute atomic E-state index is 0.0778. The van der Waals surface area contributed by atoms with Crippen molar-refractivity contribution in [1.82, 2.24) is 14.9 Å². The fourth-order valence-electron chi connectivity index (χ4n) is 2.82. The van der Waals surface area contributed by atoms with Crippen molar-refractivity contribution in [2.45, 2.75) is 6.42 Å². The summed E-state index contributed by atoms with van der Waals surface area (Å²) in [6.45, 7) is 4.75. The fraction of sp³-hybridized carbons (Fsp3) is 0.412. The van der Waals surface area contributed by atoms with E-state index in [1.165, 1.54) is 6.33 Å². The van der Waals surface area contributed by atoms with Gasteiger partial charge >= 0.3 is 5.69 Å². The Balaban J connectivity index is 1.66. The molecule has 2 aromatic rings. The molecule has 1 aliphatic heterocycles. The van der Waals surface area contributed by atoms with Gasteiger partial charge in [0.15, 0.2) is 0 Å². The van der Waals surface area contributed by atoms with Crippen LogP contribution in [0.15, 0.2) is 24.5 Å². The molecule has 28 heavy (non-hydrogen) atoms. The molecule has 3 rings (SSSR count). The van der Waals surface area contributed by atoms with Gasteiger partial charge in [0, 0.05) is 25.3 Å². The lowest BCUT2D eigenvalue weighted by Gasteiger charge is -2.26. The van der Waals surface area contributed by atoms with Crippen molar-refractivity contribution in [3.05, 3.63) is 44.7 Å². The molecule has 0 unspecified atom stereocenters. The van der Waals surface area contributed by atoms with Crippen LogP contribution in [0.4, 0.5) is 23.0 Å². The second kappa shape index (κ2) is 9.83. The van der Waals surface area contributed by atoms with Crippen molar-refractivity contribution < 1.29 is 9.66 Å². The molecule has 1 aromatic carbocycles. The van der Waals surface area contributed by atoms with Gasteiger partial charge in [-0.15, -0.1) is 0 Å². The monoisotopic (exact) mass is 426 g/mol. The second-order valence-electron chi connectivity index (χ2n) is 6.16. The number of hydrogen-bond acceptors (Lipinski definition) is 8. The summed E-state index contributed by atoms with van der Waals surface area (Å²) in [7, 11) is 0. The molecule has 0 aliphatic carbocycles. The lowest BCUT2D eigenvalue weighted by Crippen LogP contribution is -2.37. The summed E-state index contributed by atoms with van der Waals surface area (Å²) in [5, 5.41) is 18.3. The average Bonchev–Trinajstić information content (AvgIpc) is 2.69. The van der Waals surface area contributed by atoms with Gasteiger partial charge in [-0.1, -0.05) is 23.2 Å². The van der Waals surface area contributed by atoms with Gasteiger partial charge in [0.2, 0.25) is 11.6 Å². The number of nitro groups is 1. The molecule has 1 fully saturated rings. The van der Waals surface area contributed by atoms with Crippen LogP contribution >= 0.6 is 23.2 Å². The zero-order chi connectivity index (χ0) is 19.9. The molecule has 1 aromatic heterocycles. The summed E-state index contributed by atoms with van der Waals surface area (Å²) in [6.07, 6.45) is 2.11. The molecule has 0 amide bonds. The van der Waals surface area contributed by atoms with Crippen LogP contribution < -0.4 is 10.6 Å². The largest absolute Gasteiger partial charge is 0.379 e. The summed E-state index contributed by atoms with van der Waals surface area (Å²) in [5.74, 6) is 0.249. The predicted molar refractivity (Wildman–Crippen MR) is 109 cm³/mol. The highest BCUT2D eigenvalue weighted by atomic mass is 35.5. The van der Waals surface area contributed by atoms with E-state index in [0.29, 0.717) is 22.3 Å². The van der Waals surface area contributed by atoms with Gasteiger partial charge < -0.3 is 15.4 Å². The first-order valence-electron chi connectivity index (χ1n) is 8.80. The lowest BCUT2D eigenvalue weighted by atomic mass is 10.3. The van der Waals surface area contributed by atoms with E-state index in [1.54, 1.807) is 18.2 Å². The van der Waals surface area contributed by atoms with E-state index in [9.17, 15) is 10.1 Å². The molecule has 0 saturated carbocycles. The lowest BCUT2D eigenvalue weighted by molar-refractivity contribution is -0.383. The van der Waals surface area contributed by atoms with Crippen molar-refractivity contribution in [2.75, 3.05) is 50.0 Å². The number of hydrogen-bond donors (Lipinski definition) is 2. The Morgan fingerprint density at radius 2 is 1.93 bits per heavy atom. The molecular weight excluding hydrogens is 407 g/mol. The molecule has 0 bridgehead atoms. The molecule has 2 N–H and O–H groups in total. The number of benzene rings is 1. The van der Waals surface area contributed by atoms with Gasteiger partial charge in [-0.3, -0.25) is 15.0 Å². The van der Waals surface area contributed by atoms with Gasteiger partial charge in [0.05, 0.1) is 28.2 Å². The normalized spacial score (nSPS) is 14.6. The molecule has 9 nitrogen and oxygen atoms in total. The Morgan fingerprint density at radius 3 is 2.64 bits per heavy atom. The maximum atomic E-state index is 11.6. The molecule has 0 radical (unpaired) electrons.